The molecule has 1 saturated carbocycles. The molecular formula is C15H16F3N3O5. The number of carboxylic acids is 1. The number of halogens is 3. The van der Waals surface area contributed by atoms with Crippen LogP contribution in [-0.2, 0) is 15.8 Å². The number of nitrogens with one attached hydrogen (secondary N) is 2. The molecule has 0 aromatic heterocycles. The van der Waals surface area contributed by atoms with Crippen molar-refractivity contribution in [1.29, 1.82) is 0 Å². The van der Waals surface area contributed by atoms with Crippen LogP contribution in [-0.4, -0.2) is 35.0 Å². The number of anilines is 1. The van der Waals surface area contributed by atoms with Crippen molar-refractivity contribution in [3.05, 3.63) is 33.9 Å². The highest BCUT2D eigenvalue weighted by atomic mass is 19.4. The number of alkyl halides is 3. The van der Waals surface area contributed by atoms with Crippen LogP contribution in [0, 0.1) is 15.5 Å². The molecule has 26 heavy (non-hydrogen) atoms. The molecule has 2 rings (SSSR count). The quantitative estimate of drug-likeness (QED) is 0.474. The Morgan fingerprint density at radius 2 is 1.96 bits per heavy atom. The maximum Gasteiger partial charge on any atom is 0.416 e. The lowest BCUT2D eigenvalue weighted by molar-refractivity contribution is -0.384. The van der Waals surface area contributed by atoms with Crippen LogP contribution in [0.15, 0.2) is 18.2 Å². The van der Waals surface area contributed by atoms with E-state index in [1.165, 1.54) is 0 Å². The van der Waals surface area contributed by atoms with Gasteiger partial charge < -0.3 is 15.7 Å². The van der Waals surface area contributed by atoms with E-state index in [1.54, 1.807) is 0 Å². The summed E-state index contributed by atoms with van der Waals surface area (Å²) in [6, 6.07) is 2.06. The van der Waals surface area contributed by atoms with Crippen LogP contribution < -0.4 is 10.6 Å². The van der Waals surface area contributed by atoms with Gasteiger partial charge in [0.2, 0.25) is 5.91 Å². The Hall–Kier alpha value is -2.85. The molecule has 0 radical (unpaired) electrons. The fraction of sp³-hybridized carbons (Fsp3) is 0.467. The molecule has 0 unspecified atom stereocenters. The SMILES string of the molecule is O=C(CCNc1ccc(C(F)(F)F)cc1[N+](=O)[O-])NCC1(C(=O)O)CC1. The Labute approximate surface area is 145 Å². The number of nitro benzene ring substituents is 1. The molecule has 1 fully saturated rings. The predicted molar refractivity (Wildman–Crippen MR) is 83.5 cm³/mol. The molecule has 1 aromatic carbocycles. The normalized spacial score (nSPS) is 15.2. The van der Waals surface area contributed by atoms with E-state index in [1.807, 2.05) is 0 Å². The van der Waals surface area contributed by atoms with Crippen LogP contribution in [0.2, 0.25) is 0 Å². The van der Waals surface area contributed by atoms with Gasteiger partial charge in [-0.25, -0.2) is 0 Å². The van der Waals surface area contributed by atoms with Gasteiger partial charge in [0.25, 0.3) is 5.69 Å². The molecule has 1 aliphatic rings. The smallest absolute Gasteiger partial charge is 0.416 e. The van der Waals surface area contributed by atoms with Gasteiger partial charge >= 0.3 is 12.1 Å². The van der Waals surface area contributed by atoms with Gasteiger partial charge in [0.05, 0.1) is 15.9 Å². The Morgan fingerprint density at radius 1 is 1.31 bits per heavy atom. The number of hydrogen-bond donors (Lipinski definition) is 3. The average molecular weight is 375 g/mol. The highest BCUT2D eigenvalue weighted by Crippen LogP contribution is 2.45. The van der Waals surface area contributed by atoms with Crippen LogP contribution in [0.5, 0.6) is 0 Å². The van der Waals surface area contributed by atoms with Crippen LogP contribution in [0.3, 0.4) is 0 Å². The summed E-state index contributed by atoms with van der Waals surface area (Å²) in [5, 5.41) is 25.0. The van der Waals surface area contributed by atoms with E-state index >= 15 is 0 Å². The van der Waals surface area contributed by atoms with Gasteiger partial charge in [0.15, 0.2) is 0 Å². The third-order valence-electron chi connectivity index (χ3n) is 4.12. The highest BCUT2D eigenvalue weighted by molar-refractivity contribution is 5.81. The van der Waals surface area contributed by atoms with Crippen molar-refractivity contribution in [2.75, 3.05) is 18.4 Å². The van der Waals surface area contributed by atoms with E-state index in [0.29, 0.717) is 25.0 Å². The van der Waals surface area contributed by atoms with Crippen molar-refractivity contribution < 1.29 is 32.8 Å². The first-order valence-corrected chi connectivity index (χ1v) is 7.65. The standard InChI is InChI=1S/C15H16F3N3O5/c16-15(17,18)9-1-2-10(11(7-9)21(25)26)19-6-3-12(22)20-8-14(4-5-14)13(23)24/h1-2,7,19H,3-6,8H2,(H,20,22)(H,23,24). The zero-order valence-corrected chi connectivity index (χ0v) is 13.4. The molecule has 1 aliphatic carbocycles. The molecule has 3 N–H and O–H groups in total. The molecule has 0 aliphatic heterocycles. The molecule has 0 bridgehead atoms. The van der Waals surface area contributed by atoms with E-state index in [4.69, 9.17) is 5.11 Å². The van der Waals surface area contributed by atoms with E-state index < -0.39 is 39.6 Å². The summed E-state index contributed by atoms with van der Waals surface area (Å²) in [6.45, 7) is -0.0558. The number of carboxylic acid groups (broad SMARTS) is 1. The highest BCUT2D eigenvalue weighted by Gasteiger charge is 2.50. The third kappa shape index (κ3) is 4.61. The van der Waals surface area contributed by atoms with Gasteiger partial charge in [-0.15, -0.1) is 0 Å². The van der Waals surface area contributed by atoms with Gasteiger partial charge in [0.1, 0.15) is 5.69 Å². The summed E-state index contributed by atoms with van der Waals surface area (Å²) in [5.74, 6) is -1.43. The van der Waals surface area contributed by atoms with Crippen molar-refractivity contribution in [2.45, 2.75) is 25.4 Å². The van der Waals surface area contributed by atoms with E-state index in [0.717, 1.165) is 6.07 Å². The number of aliphatic carboxylic acids is 1. The van der Waals surface area contributed by atoms with Crippen molar-refractivity contribution >= 4 is 23.3 Å². The number of carbonyl (C=O) groups excluding carboxylic acids is 1. The Kier molecular flexibility index (Phi) is 5.38. The van der Waals surface area contributed by atoms with Gasteiger partial charge in [-0.2, -0.15) is 13.2 Å². The molecule has 11 heteroatoms. The molecule has 1 aromatic rings. The second kappa shape index (κ2) is 7.18. The van der Waals surface area contributed by atoms with Gasteiger partial charge in [0, 0.05) is 25.6 Å². The minimum atomic E-state index is -4.70. The third-order valence-corrected chi connectivity index (χ3v) is 4.12. The van der Waals surface area contributed by atoms with E-state index in [2.05, 4.69) is 10.6 Å². The molecule has 8 nitrogen and oxygen atoms in total. The number of benzene rings is 1. The molecule has 0 atom stereocenters. The summed E-state index contributed by atoms with van der Waals surface area (Å²) in [7, 11) is 0. The van der Waals surface area contributed by atoms with Crippen molar-refractivity contribution in [2.24, 2.45) is 5.41 Å². The summed E-state index contributed by atoms with van der Waals surface area (Å²) in [4.78, 5) is 32.7. The topological polar surface area (TPSA) is 122 Å². The number of hydrogen-bond acceptors (Lipinski definition) is 5. The second-order valence-electron chi connectivity index (χ2n) is 6.03. The van der Waals surface area contributed by atoms with Crippen molar-refractivity contribution in [1.82, 2.24) is 5.32 Å². The number of nitrogens with zero attached hydrogens (tertiary/aromatic N) is 1. The zero-order chi connectivity index (χ0) is 19.5. The van der Waals surface area contributed by atoms with Crippen LogP contribution in [0.25, 0.3) is 0 Å². The zero-order valence-electron chi connectivity index (χ0n) is 13.4. The minimum Gasteiger partial charge on any atom is -0.481 e. The van der Waals surface area contributed by atoms with Crippen LogP contribution in [0.4, 0.5) is 24.5 Å². The lowest BCUT2D eigenvalue weighted by atomic mass is 10.1. The lowest BCUT2D eigenvalue weighted by Gasteiger charge is -2.12. The largest absolute Gasteiger partial charge is 0.481 e. The summed E-state index contributed by atoms with van der Waals surface area (Å²) in [6.07, 6.45) is -3.85. The lowest BCUT2D eigenvalue weighted by Crippen LogP contribution is -2.34. The average Bonchev–Trinajstić information content (AvgIpc) is 3.33. The molecular weight excluding hydrogens is 359 g/mol. The predicted octanol–water partition coefficient (Wildman–Crippen LogP) is 2.40. The Bertz CT molecular complexity index is 732. The molecule has 0 spiro atoms. The second-order valence-corrected chi connectivity index (χ2v) is 6.03. The minimum absolute atomic E-state index is 0.00158. The summed E-state index contributed by atoms with van der Waals surface area (Å²) in [5.41, 5.74) is -2.94. The Balaban J connectivity index is 1.90. The maximum atomic E-state index is 12.6. The summed E-state index contributed by atoms with van der Waals surface area (Å²) < 4.78 is 37.9. The first-order valence-electron chi connectivity index (χ1n) is 7.65. The van der Waals surface area contributed by atoms with Crippen LogP contribution >= 0.6 is 0 Å². The Morgan fingerprint density at radius 3 is 2.46 bits per heavy atom. The number of nitro groups is 1. The molecule has 0 heterocycles. The summed E-state index contributed by atoms with van der Waals surface area (Å²) >= 11 is 0. The number of rotatable bonds is 8. The number of amides is 1. The molecule has 1 amide bonds. The fourth-order valence-corrected chi connectivity index (χ4v) is 2.29. The van der Waals surface area contributed by atoms with Gasteiger partial charge in [-0.1, -0.05) is 0 Å². The van der Waals surface area contributed by atoms with Crippen LogP contribution in [0.1, 0.15) is 24.8 Å². The molecule has 142 valence electrons. The number of carbonyl (C=O) groups is 2. The maximum absolute atomic E-state index is 12.6. The fourth-order valence-electron chi connectivity index (χ4n) is 2.29. The van der Waals surface area contributed by atoms with E-state index in [9.17, 15) is 32.9 Å². The van der Waals surface area contributed by atoms with Gasteiger partial charge in [-0.3, -0.25) is 19.7 Å². The van der Waals surface area contributed by atoms with Crippen molar-refractivity contribution in [3.63, 3.8) is 0 Å². The van der Waals surface area contributed by atoms with E-state index in [-0.39, 0.29) is 25.2 Å². The van der Waals surface area contributed by atoms with Crippen molar-refractivity contribution in [3.8, 4) is 0 Å². The molecule has 0 saturated heterocycles. The first-order chi connectivity index (χ1) is 12.0. The monoisotopic (exact) mass is 375 g/mol. The first kappa shape index (κ1) is 19.5. The van der Waals surface area contributed by atoms with Gasteiger partial charge in [-0.05, 0) is 25.0 Å².